The molecule has 1 aliphatic heterocycles. The van der Waals surface area contributed by atoms with Gasteiger partial charge in [0.05, 0.1) is 22.8 Å². The SMILES string of the molecule is CCN1CCN(CC=CC(=O)Nc2cc3c(Nc4ccc(F)c(Cl)c4)ncnc3cc2OCC2CC2)CC1. The van der Waals surface area contributed by atoms with Crippen LogP contribution in [0, 0.1) is 11.7 Å². The number of nitrogens with zero attached hydrogens (tertiary/aromatic N) is 4. The Labute approximate surface area is 226 Å². The summed E-state index contributed by atoms with van der Waals surface area (Å²) >= 11 is 5.95. The van der Waals surface area contributed by atoms with Crippen molar-refractivity contribution in [2.45, 2.75) is 19.8 Å². The Morgan fingerprint density at radius 1 is 1.16 bits per heavy atom. The van der Waals surface area contributed by atoms with Crippen molar-refractivity contribution in [3.63, 3.8) is 0 Å². The van der Waals surface area contributed by atoms with Crippen LogP contribution in [0.2, 0.25) is 5.02 Å². The van der Waals surface area contributed by atoms with Crippen LogP contribution >= 0.6 is 11.6 Å². The Morgan fingerprint density at radius 3 is 2.68 bits per heavy atom. The molecule has 2 heterocycles. The van der Waals surface area contributed by atoms with Gasteiger partial charge >= 0.3 is 0 Å². The lowest BCUT2D eigenvalue weighted by Crippen LogP contribution is -2.46. The second-order valence-electron chi connectivity index (χ2n) is 9.72. The number of rotatable bonds is 10. The van der Waals surface area contributed by atoms with E-state index < -0.39 is 5.82 Å². The first-order valence-corrected chi connectivity index (χ1v) is 13.4. The van der Waals surface area contributed by atoms with Gasteiger partial charge in [-0.2, -0.15) is 0 Å². The third-order valence-corrected chi connectivity index (χ3v) is 7.18. The number of halogens is 2. The number of anilines is 3. The van der Waals surface area contributed by atoms with Crippen molar-refractivity contribution in [2.75, 3.05) is 56.5 Å². The van der Waals surface area contributed by atoms with Crippen LogP contribution in [0.25, 0.3) is 10.9 Å². The first-order chi connectivity index (χ1) is 18.5. The topological polar surface area (TPSA) is 82.6 Å². The highest BCUT2D eigenvalue weighted by Crippen LogP contribution is 2.36. The van der Waals surface area contributed by atoms with Crippen LogP contribution < -0.4 is 15.4 Å². The summed E-state index contributed by atoms with van der Waals surface area (Å²) in [6, 6.07) is 7.99. The van der Waals surface area contributed by atoms with E-state index >= 15 is 0 Å². The van der Waals surface area contributed by atoms with E-state index in [1.165, 1.54) is 18.5 Å². The monoisotopic (exact) mass is 538 g/mol. The van der Waals surface area contributed by atoms with Crippen molar-refractivity contribution < 1.29 is 13.9 Å². The number of fused-ring (bicyclic) bond motifs is 1. The average molecular weight is 539 g/mol. The van der Waals surface area contributed by atoms with E-state index in [1.54, 1.807) is 18.2 Å². The van der Waals surface area contributed by atoms with Crippen LogP contribution in [0.1, 0.15) is 19.8 Å². The van der Waals surface area contributed by atoms with Gasteiger partial charge in [0.25, 0.3) is 0 Å². The summed E-state index contributed by atoms with van der Waals surface area (Å²) in [7, 11) is 0. The molecule has 1 amide bonds. The molecule has 1 aromatic heterocycles. The fourth-order valence-electron chi connectivity index (χ4n) is 4.37. The van der Waals surface area contributed by atoms with E-state index in [-0.39, 0.29) is 10.9 Å². The predicted octanol–water partition coefficient (Wildman–Crippen LogP) is 5.09. The van der Waals surface area contributed by atoms with E-state index in [0.717, 1.165) is 52.1 Å². The van der Waals surface area contributed by atoms with E-state index in [4.69, 9.17) is 16.3 Å². The molecule has 0 atom stereocenters. The zero-order chi connectivity index (χ0) is 26.5. The Morgan fingerprint density at radius 2 is 1.95 bits per heavy atom. The Bertz CT molecular complexity index is 1320. The second-order valence-corrected chi connectivity index (χ2v) is 10.1. The zero-order valence-electron chi connectivity index (χ0n) is 21.4. The van der Waals surface area contributed by atoms with Crippen LogP contribution in [0.3, 0.4) is 0 Å². The molecule has 200 valence electrons. The smallest absolute Gasteiger partial charge is 0.248 e. The fourth-order valence-corrected chi connectivity index (χ4v) is 4.56. The zero-order valence-corrected chi connectivity index (χ0v) is 22.2. The third-order valence-electron chi connectivity index (χ3n) is 6.89. The second kappa shape index (κ2) is 12.1. The van der Waals surface area contributed by atoms with Crippen molar-refractivity contribution in [1.29, 1.82) is 0 Å². The third kappa shape index (κ3) is 6.78. The van der Waals surface area contributed by atoms with Crippen LogP contribution in [-0.2, 0) is 4.79 Å². The number of amides is 1. The number of likely N-dealkylation sites (N-methyl/N-ethyl adjacent to an activating group) is 1. The quantitative estimate of drug-likeness (QED) is 0.348. The maximum absolute atomic E-state index is 13.6. The molecule has 2 aromatic carbocycles. The van der Waals surface area contributed by atoms with Crippen LogP contribution in [0.15, 0.2) is 48.8 Å². The lowest BCUT2D eigenvalue weighted by Gasteiger charge is -2.33. The van der Waals surface area contributed by atoms with Gasteiger partial charge in [-0.3, -0.25) is 9.69 Å². The van der Waals surface area contributed by atoms with E-state index in [2.05, 4.69) is 37.3 Å². The summed E-state index contributed by atoms with van der Waals surface area (Å²) < 4.78 is 19.7. The van der Waals surface area contributed by atoms with Crippen molar-refractivity contribution in [3.8, 4) is 5.75 Å². The van der Waals surface area contributed by atoms with Crippen molar-refractivity contribution in [1.82, 2.24) is 19.8 Å². The van der Waals surface area contributed by atoms with Crippen molar-refractivity contribution >= 4 is 45.6 Å². The van der Waals surface area contributed by atoms with Gasteiger partial charge in [-0.05, 0) is 49.6 Å². The minimum atomic E-state index is -0.497. The van der Waals surface area contributed by atoms with Gasteiger partial charge < -0.3 is 20.3 Å². The summed E-state index contributed by atoms with van der Waals surface area (Å²) in [6.07, 6.45) is 7.23. The minimum absolute atomic E-state index is 0.0103. The maximum Gasteiger partial charge on any atom is 0.248 e. The highest BCUT2D eigenvalue weighted by atomic mass is 35.5. The normalized spacial score (nSPS) is 16.7. The highest BCUT2D eigenvalue weighted by molar-refractivity contribution is 6.31. The predicted molar refractivity (Wildman–Crippen MR) is 149 cm³/mol. The summed E-state index contributed by atoms with van der Waals surface area (Å²) in [6.45, 7) is 8.68. The van der Waals surface area contributed by atoms with Gasteiger partial charge in [-0.1, -0.05) is 24.6 Å². The average Bonchev–Trinajstić information content (AvgIpc) is 3.75. The summed E-state index contributed by atoms with van der Waals surface area (Å²) in [5, 5.41) is 6.84. The molecule has 10 heteroatoms. The first kappa shape index (κ1) is 26.3. The van der Waals surface area contributed by atoms with E-state index in [0.29, 0.717) is 46.4 Å². The molecule has 2 N–H and O–H groups in total. The lowest BCUT2D eigenvalue weighted by molar-refractivity contribution is -0.111. The fraction of sp³-hybridized carbons (Fsp3) is 0.393. The highest BCUT2D eigenvalue weighted by Gasteiger charge is 2.23. The van der Waals surface area contributed by atoms with Crippen LogP contribution in [0.5, 0.6) is 5.75 Å². The standard InChI is InChI=1S/C28H32ClFN6O2/c1-2-35-10-12-36(13-11-35)9-3-4-27(37)34-25-15-21-24(16-26(25)38-17-19-5-6-19)31-18-32-28(21)33-20-7-8-23(30)22(29)14-20/h3-4,7-8,14-16,18-19H,2,5-6,9-13,17H2,1H3,(H,34,37)(H,31,32,33). The molecule has 0 bridgehead atoms. The number of hydrogen-bond acceptors (Lipinski definition) is 7. The number of carbonyl (C=O) groups excluding carboxylic acids is 1. The Balaban J connectivity index is 1.34. The van der Waals surface area contributed by atoms with E-state index in [1.807, 2.05) is 12.1 Å². The molecule has 3 aromatic rings. The molecule has 1 aliphatic carbocycles. The molecule has 2 fully saturated rings. The molecule has 5 rings (SSSR count). The summed E-state index contributed by atoms with van der Waals surface area (Å²) in [5.74, 6) is 0.890. The molecule has 0 spiro atoms. The Hall–Kier alpha value is -3.27. The number of ether oxygens (including phenoxy) is 1. The summed E-state index contributed by atoms with van der Waals surface area (Å²) in [5.41, 5.74) is 1.78. The molecule has 38 heavy (non-hydrogen) atoms. The summed E-state index contributed by atoms with van der Waals surface area (Å²) in [4.78, 5) is 26.4. The van der Waals surface area contributed by atoms with Gasteiger partial charge in [0.15, 0.2) is 0 Å². The number of benzene rings is 2. The van der Waals surface area contributed by atoms with E-state index in [9.17, 15) is 9.18 Å². The first-order valence-electron chi connectivity index (χ1n) is 13.0. The molecule has 0 radical (unpaired) electrons. The molecule has 2 aliphatic rings. The molecule has 1 saturated carbocycles. The number of aromatic nitrogens is 2. The van der Waals surface area contributed by atoms with Gasteiger partial charge in [-0.25, -0.2) is 14.4 Å². The number of nitrogens with one attached hydrogen (secondary N) is 2. The van der Waals surface area contributed by atoms with Gasteiger partial charge in [0.2, 0.25) is 5.91 Å². The maximum atomic E-state index is 13.6. The lowest BCUT2D eigenvalue weighted by atomic mass is 10.1. The van der Waals surface area contributed by atoms with Gasteiger partial charge in [0, 0.05) is 55.9 Å². The van der Waals surface area contributed by atoms with Crippen molar-refractivity contribution in [3.05, 3.63) is 59.7 Å². The molecular weight excluding hydrogens is 507 g/mol. The van der Waals surface area contributed by atoms with Crippen LogP contribution in [-0.4, -0.2) is 71.6 Å². The number of piperazine rings is 1. The van der Waals surface area contributed by atoms with Gasteiger partial charge in [-0.15, -0.1) is 0 Å². The molecule has 8 nitrogen and oxygen atoms in total. The number of hydrogen-bond donors (Lipinski definition) is 2. The largest absolute Gasteiger partial charge is 0.491 e. The molecule has 1 saturated heterocycles. The minimum Gasteiger partial charge on any atom is -0.491 e. The number of carbonyl (C=O) groups is 1. The molecular formula is C28H32ClFN6O2. The molecule has 0 unspecified atom stereocenters. The van der Waals surface area contributed by atoms with Crippen molar-refractivity contribution in [2.24, 2.45) is 5.92 Å². The van der Waals surface area contributed by atoms with Gasteiger partial charge in [0.1, 0.15) is 23.7 Å². The Kier molecular flexibility index (Phi) is 8.36. The van der Waals surface area contributed by atoms with Crippen LogP contribution in [0.4, 0.5) is 21.6 Å².